The summed E-state index contributed by atoms with van der Waals surface area (Å²) in [6.45, 7) is 4.58. The van der Waals surface area contributed by atoms with Crippen LogP contribution in [0.15, 0.2) is 72.8 Å². The van der Waals surface area contributed by atoms with E-state index >= 15 is 0 Å². The molecule has 0 fully saturated rings. The molecule has 0 unspecified atom stereocenters. The highest BCUT2D eigenvalue weighted by Crippen LogP contribution is 2.23. The van der Waals surface area contributed by atoms with Crippen molar-refractivity contribution in [3.8, 4) is 22.6 Å². The molecule has 25 heavy (non-hydrogen) atoms. The van der Waals surface area contributed by atoms with E-state index in [9.17, 15) is 4.79 Å². The zero-order valence-electron chi connectivity index (χ0n) is 14.4. The minimum atomic E-state index is -0.383. The molecule has 0 bridgehead atoms. The summed E-state index contributed by atoms with van der Waals surface area (Å²) in [4.78, 5) is 12.2. The SMILES string of the molecule is CCOc1ccc(C(=O)Oc2ccc(-c3ccc(C)cc3)cc2)cc1. The first-order valence-electron chi connectivity index (χ1n) is 8.28. The van der Waals surface area contributed by atoms with E-state index in [1.165, 1.54) is 5.56 Å². The van der Waals surface area contributed by atoms with Crippen molar-refractivity contribution in [2.24, 2.45) is 0 Å². The second-order valence-corrected chi connectivity index (χ2v) is 5.74. The molecule has 0 aromatic heterocycles. The van der Waals surface area contributed by atoms with Gasteiger partial charge in [-0.15, -0.1) is 0 Å². The minimum absolute atomic E-state index is 0.383. The van der Waals surface area contributed by atoms with Crippen LogP contribution in [0, 0.1) is 6.92 Å². The molecule has 0 aliphatic rings. The number of hydrogen-bond acceptors (Lipinski definition) is 3. The standard InChI is InChI=1S/C22H20O3/c1-3-24-20-12-10-19(11-13-20)22(23)25-21-14-8-18(9-15-21)17-6-4-16(2)5-7-17/h4-15H,3H2,1-2H3. The number of hydrogen-bond donors (Lipinski definition) is 0. The Morgan fingerprint density at radius 1 is 0.760 bits per heavy atom. The van der Waals surface area contributed by atoms with E-state index in [4.69, 9.17) is 9.47 Å². The van der Waals surface area contributed by atoms with Crippen LogP contribution in [0.1, 0.15) is 22.8 Å². The topological polar surface area (TPSA) is 35.5 Å². The lowest BCUT2D eigenvalue weighted by Gasteiger charge is -2.07. The molecular weight excluding hydrogens is 312 g/mol. The van der Waals surface area contributed by atoms with Gasteiger partial charge in [0.05, 0.1) is 12.2 Å². The molecule has 126 valence electrons. The maximum Gasteiger partial charge on any atom is 0.343 e. The monoisotopic (exact) mass is 332 g/mol. The van der Waals surface area contributed by atoms with E-state index < -0.39 is 0 Å². The molecule has 3 nitrogen and oxygen atoms in total. The second kappa shape index (κ2) is 7.67. The molecule has 0 amide bonds. The van der Waals surface area contributed by atoms with Gasteiger partial charge in [-0.2, -0.15) is 0 Å². The Labute approximate surface area is 147 Å². The van der Waals surface area contributed by atoms with Crippen LogP contribution < -0.4 is 9.47 Å². The Bertz CT molecular complexity index is 832. The molecule has 3 aromatic carbocycles. The fourth-order valence-electron chi connectivity index (χ4n) is 2.48. The largest absolute Gasteiger partial charge is 0.494 e. The van der Waals surface area contributed by atoms with Gasteiger partial charge in [0, 0.05) is 0 Å². The highest BCUT2D eigenvalue weighted by Gasteiger charge is 2.09. The molecule has 0 saturated carbocycles. The van der Waals surface area contributed by atoms with Gasteiger partial charge in [0.15, 0.2) is 0 Å². The van der Waals surface area contributed by atoms with Crippen molar-refractivity contribution in [2.45, 2.75) is 13.8 Å². The van der Waals surface area contributed by atoms with Crippen LogP contribution in [0.4, 0.5) is 0 Å². The molecule has 3 rings (SSSR count). The summed E-state index contributed by atoms with van der Waals surface area (Å²) in [6, 6.07) is 22.8. The Kier molecular flexibility index (Phi) is 5.14. The van der Waals surface area contributed by atoms with E-state index in [-0.39, 0.29) is 5.97 Å². The van der Waals surface area contributed by atoms with Gasteiger partial charge in [-0.05, 0) is 61.4 Å². The van der Waals surface area contributed by atoms with Crippen LogP contribution in [0.3, 0.4) is 0 Å². The molecule has 3 aromatic rings. The van der Waals surface area contributed by atoms with Crippen molar-refractivity contribution in [3.05, 3.63) is 83.9 Å². The third kappa shape index (κ3) is 4.27. The summed E-state index contributed by atoms with van der Waals surface area (Å²) in [7, 11) is 0. The molecule has 0 atom stereocenters. The summed E-state index contributed by atoms with van der Waals surface area (Å²) in [6.07, 6.45) is 0. The summed E-state index contributed by atoms with van der Waals surface area (Å²) in [5.74, 6) is 0.877. The second-order valence-electron chi connectivity index (χ2n) is 5.74. The highest BCUT2D eigenvalue weighted by atomic mass is 16.5. The number of esters is 1. The van der Waals surface area contributed by atoms with Gasteiger partial charge in [0.2, 0.25) is 0 Å². The van der Waals surface area contributed by atoms with Gasteiger partial charge in [-0.3, -0.25) is 0 Å². The Morgan fingerprint density at radius 3 is 1.84 bits per heavy atom. The van der Waals surface area contributed by atoms with E-state index in [0.29, 0.717) is 17.9 Å². The van der Waals surface area contributed by atoms with Gasteiger partial charge in [-0.1, -0.05) is 42.0 Å². The Hall–Kier alpha value is -3.07. The fourth-order valence-corrected chi connectivity index (χ4v) is 2.48. The predicted molar refractivity (Wildman–Crippen MR) is 99.2 cm³/mol. The number of carbonyl (C=O) groups is 1. The first-order valence-corrected chi connectivity index (χ1v) is 8.28. The van der Waals surface area contributed by atoms with Crippen LogP contribution in [0.25, 0.3) is 11.1 Å². The quantitative estimate of drug-likeness (QED) is 0.471. The number of carbonyl (C=O) groups excluding carboxylic acids is 1. The van der Waals surface area contributed by atoms with Crippen molar-refractivity contribution in [3.63, 3.8) is 0 Å². The first-order chi connectivity index (χ1) is 12.2. The molecule has 0 aliphatic heterocycles. The fraction of sp³-hybridized carbons (Fsp3) is 0.136. The van der Waals surface area contributed by atoms with Crippen LogP contribution in [-0.2, 0) is 0 Å². The summed E-state index contributed by atoms with van der Waals surface area (Å²) in [5, 5.41) is 0. The Balaban J connectivity index is 1.68. The minimum Gasteiger partial charge on any atom is -0.494 e. The zero-order chi connectivity index (χ0) is 17.6. The maximum absolute atomic E-state index is 12.2. The highest BCUT2D eigenvalue weighted by molar-refractivity contribution is 5.91. The van der Waals surface area contributed by atoms with Gasteiger partial charge < -0.3 is 9.47 Å². The first kappa shape index (κ1) is 16.8. The molecule has 0 aliphatic carbocycles. The number of aryl methyl sites for hydroxylation is 1. The van der Waals surface area contributed by atoms with Crippen LogP contribution in [0.5, 0.6) is 11.5 Å². The maximum atomic E-state index is 12.2. The molecule has 0 spiro atoms. The van der Waals surface area contributed by atoms with E-state index in [2.05, 4.69) is 31.2 Å². The van der Waals surface area contributed by atoms with Crippen molar-refractivity contribution in [1.29, 1.82) is 0 Å². The zero-order valence-corrected chi connectivity index (χ0v) is 14.4. The average Bonchev–Trinajstić information content (AvgIpc) is 2.64. The molecule has 0 saturated heterocycles. The van der Waals surface area contributed by atoms with Crippen molar-refractivity contribution in [2.75, 3.05) is 6.61 Å². The van der Waals surface area contributed by atoms with Gasteiger partial charge in [0.1, 0.15) is 11.5 Å². The van der Waals surface area contributed by atoms with Crippen molar-refractivity contribution < 1.29 is 14.3 Å². The smallest absolute Gasteiger partial charge is 0.343 e. The summed E-state index contributed by atoms with van der Waals surface area (Å²) >= 11 is 0. The van der Waals surface area contributed by atoms with Crippen molar-refractivity contribution in [1.82, 2.24) is 0 Å². The third-order valence-corrected chi connectivity index (χ3v) is 3.85. The van der Waals surface area contributed by atoms with Gasteiger partial charge >= 0.3 is 5.97 Å². The van der Waals surface area contributed by atoms with Crippen LogP contribution >= 0.6 is 0 Å². The number of ether oxygens (including phenoxy) is 2. The summed E-state index contributed by atoms with van der Waals surface area (Å²) < 4.78 is 10.8. The van der Waals surface area contributed by atoms with Gasteiger partial charge in [-0.25, -0.2) is 4.79 Å². The predicted octanol–water partition coefficient (Wildman–Crippen LogP) is 5.28. The average molecular weight is 332 g/mol. The van der Waals surface area contributed by atoms with E-state index in [1.807, 2.05) is 31.2 Å². The Morgan fingerprint density at radius 2 is 1.28 bits per heavy atom. The summed E-state index contributed by atoms with van der Waals surface area (Å²) in [5.41, 5.74) is 3.94. The van der Waals surface area contributed by atoms with Crippen LogP contribution in [-0.4, -0.2) is 12.6 Å². The van der Waals surface area contributed by atoms with E-state index in [1.54, 1.807) is 24.3 Å². The lowest BCUT2D eigenvalue weighted by atomic mass is 10.0. The third-order valence-electron chi connectivity index (χ3n) is 3.85. The molecule has 0 heterocycles. The molecular formula is C22H20O3. The van der Waals surface area contributed by atoms with Crippen molar-refractivity contribution >= 4 is 5.97 Å². The van der Waals surface area contributed by atoms with Crippen LogP contribution in [0.2, 0.25) is 0 Å². The number of benzene rings is 3. The van der Waals surface area contributed by atoms with Gasteiger partial charge in [0.25, 0.3) is 0 Å². The molecule has 0 radical (unpaired) electrons. The lowest BCUT2D eigenvalue weighted by molar-refractivity contribution is 0.0735. The lowest BCUT2D eigenvalue weighted by Crippen LogP contribution is -2.08. The van der Waals surface area contributed by atoms with E-state index in [0.717, 1.165) is 16.9 Å². The molecule has 0 N–H and O–H groups in total. The normalized spacial score (nSPS) is 10.3. The number of rotatable bonds is 5. The molecule has 3 heteroatoms.